The molecule has 146 valence electrons. The van der Waals surface area contributed by atoms with Gasteiger partial charge in [-0.2, -0.15) is 0 Å². The number of rotatable bonds is 4. The van der Waals surface area contributed by atoms with Crippen molar-refractivity contribution in [3.05, 3.63) is 70.2 Å². The largest absolute Gasteiger partial charge is 0.297 e. The van der Waals surface area contributed by atoms with Gasteiger partial charge in [-0.1, -0.05) is 58.4 Å². The number of carbonyl (C=O) groups is 2. The summed E-state index contributed by atoms with van der Waals surface area (Å²) < 4.78 is 1.09. The van der Waals surface area contributed by atoms with Crippen molar-refractivity contribution in [1.82, 2.24) is 15.1 Å². The molecule has 0 aromatic heterocycles. The quantitative estimate of drug-likeness (QED) is 0.741. The number of nitrogens with one attached hydrogen (secondary N) is 1. The molecule has 28 heavy (non-hydrogen) atoms. The number of nitrogens with zero attached hydrogens (tertiary/aromatic N) is 2. The van der Waals surface area contributed by atoms with Gasteiger partial charge in [0.25, 0.3) is 5.91 Å². The van der Waals surface area contributed by atoms with E-state index in [1.165, 1.54) is 5.56 Å². The first-order chi connectivity index (χ1) is 13.6. The van der Waals surface area contributed by atoms with E-state index < -0.39 is 5.54 Å². The molecular weight excluding hydrogens is 418 g/mol. The lowest BCUT2D eigenvalue weighted by molar-refractivity contribution is -0.146. The molecular formula is C22H24BrN3O2. The molecule has 0 radical (unpaired) electrons. The fraction of sp³-hybridized carbons (Fsp3) is 0.364. The summed E-state index contributed by atoms with van der Waals surface area (Å²) in [5.41, 5.74) is 1.51. The second kappa shape index (κ2) is 8.15. The van der Waals surface area contributed by atoms with Crippen molar-refractivity contribution in [2.24, 2.45) is 0 Å². The highest BCUT2D eigenvalue weighted by Gasteiger charge is 2.49. The molecule has 4 rings (SSSR count). The molecule has 2 aliphatic heterocycles. The van der Waals surface area contributed by atoms with Gasteiger partial charge in [-0.05, 0) is 29.7 Å². The Morgan fingerprint density at radius 2 is 1.61 bits per heavy atom. The monoisotopic (exact) mass is 441 g/mol. The molecule has 2 aliphatic rings. The molecule has 2 aromatic rings. The molecule has 0 bridgehead atoms. The molecule has 0 aliphatic carbocycles. The molecule has 0 saturated carbocycles. The van der Waals surface area contributed by atoms with Crippen molar-refractivity contribution in [2.45, 2.75) is 24.9 Å². The van der Waals surface area contributed by atoms with Crippen LogP contribution >= 0.6 is 15.9 Å². The van der Waals surface area contributed by atoms with Crippen molar-refractivity contribution in [3.8, 4) is 0 Å². The summed E-state index contributed by atoms with van der Waals surface area (Å²) in [6.07, 6.45) is 0.911. The summed E-state index contributed by atoms with van der Waals surface area (Å²) in [6.45, 7) is 4.29. The highest BCUT2D eigenvalue weighted by atomic mass is 79.9. The van der Waals surface area contributed by atoms with E-state index in [0.717, 1.165) is 42.8 Å². The Labute approximate surface area is 173 Å². The molecule has 1 atom stereocenters. The van der Waals surface area contributed by atoms with Gasteiger partial charge in [-0.25, -0.2) is 0 Å². The molecule has 2 heterocycles. The summed E-state index contributed by atoms with van der Waals surface area (Å²) in [6, 6.07) is 18.3. The molecule has 1 N–H and O–H groups in total. The number of amides is 2. The Morgan fingerprint density at radius 1 is 0.929 bits per heavy atom. The molecule has 2 aromatic carbocycles. The van der Waals surface area contributed by atoms with Gasteiger partial charge >= 0.3 is 0 Å². The zero-order valence-corrected chi connectivity index (χ0v) is 17.3. The van der Waals surface area contributed by atoms with E-state index >= 15 is 0 Å². The zero-order chi connectivity index (χ0) is 19.6. The van der Waals surface area contributed by atoms with Crippen molar-refractivity contribution >= 4 is 27.7 Å². The third-order valence-corrected chi connectivity index (χ3v) is 6.35. The van der Waals surface area contributed by atoms with Crippen LogP contribution in [0.3, 0.4) is 0 Å². The van der Waals surface area contributed by atoms with Crippen LogP contribution in [0.5, 0.6) is 0 Å². The van der Waals surface area contributed by atoms with Crippen LogP contribution in [0.1, 0.15) is 24.0 Å². The number of piperazine rings is 1. The van der Waals surface area contributed by atoms with Gasteiger partial charge in [0.15, 0.2) is 0 Å². The fourth-order valence-electron chi connectivity index (χ4n) is 4.31. The fourth-order valence-corrected chi connectivity index (χ4v) is 4.57. The van der Waals surface area contributed by atoms with Gasteiger partial charge < -0.3 is 0 Å². The summed E-state index contributed by atoms with van der Waals surface area (Å²) in [4.78, 5) is 29.5. The van der Waals surface area contributed by atoms with Crippen molar-refractivity contribution in [1.29, 1.82) is 0 Å². The number of halogens is 1. The van der Waals surface area contributed by atoms with Gasteiger partial charge in [0.1, 0.15) is 5.54 Å². The zero-order valence-electron chi connectivity index (χ0n) is 15.7. The maximum absolute atomic E-state index is 13.0. The van der Waals surface area contributed by atoms with Crippen LogP contribution in [0.4, 0.5) is 0 Å². The van der Waals surface area contributed by atoms with E-state index in [9.17, 15) is 9.59 Å². The summed E-state index contributed by atoms with van der Waals surface area (Å²) >= 11 is 3.48. The maximum atomic E-state index is 13.0. The predicted molar refractivity (Wildman–Crippen MR) is 111 cm³/mol. The van der Waals surface area contributed by atoms with Gasteiger partial charge in [0.2, 0.25) is 5.91 Å². The van der Waals surface area contributed by atoms with Crippen LogP contribution in [0, 0.1) is 0 Å². The first-order valence-corrected chi connectivity index (χ1v) is 10.5. The lowest BCUT2D eigenvalue weighted by Gasteiger charge is -2.48. The predicted octanol–water partition coefficient (Wildman–Crippen LogP) is 2.90. The Hall–Kier alpha value is -2.02. The van der Waals surface area contributed by atoms with Crippen molar-refractivity contribution < 1.29 is 9.59 Å². The second-order valence-electron chi connectivity index (χ2n) is 7.49. The lowest BCUT2D eigenvalue weighted by Crippen LogP contribution is -2.64. The van der Waals surface area contributed by atoms with E-state index in [4.69, 9.17) is 0 Å². The molecule has 6 heteroatoms. The van der Waals surface area contributed by atoms with Crippen LogP contribution < -0.4 is 5.32 Å². The normalized spacial score (nSPS) is 24.2. The van der Waals surface area contributed by atoms with Gasteiger partial charge in [-0.3, -0.25) is 24.7 Å². The SMILES string of the molecule is O=C1CCC(c2ccccc2)(N2CCN(Cc3ccc(Br)cc3)CC2)C(=O)N1. The summed E-state index contributed by atoms with van der Waals surface area (Å²) in [5, 5.41) is 2.58. The van der Waals surface area contributed by atoms with Crippen LogP contribution in [-0.4, -0.2) is 47.8 Å². The van der Waals surface area contributed by atoms with Crippen LogP contribution in [0.15, 0.2) is 59.1 Å². The summed E-state index contributed by atoms with van der Waals surface area (Å²) in [5.74, 6) is -0.359. The average molecular weight is 442 g/mol. The van der Waals surface area contributed by atoms with Gasteiger partial charge in [0.05, 0.1) is 0 Å². The van der Waals surface area contributed by atoms with E-state index in [1.54, 1.807) is 0 Å². The first-order valence-electron chi connectivity index (χ1n) is 9.69. The number of imide groups is 1. The highest BCUT2D eigenvalue weighted by Crippen LogP contribution is 2.37. The van der Waals surface area contributed by atoms with E-state index in [0.29, 0.717) is 12.8 Å². The van der Waals surface area contributed by atoms with E-state index in [1.807, 2.05) is 30.3 Å². The maximum Gasteiger partial charge on any atom is 0.251 e. The van der Waals surface area contributed by atoms with E-state index in [2.05, 4.69) is 55.3 Å². The molecule has 5 nitrogen and oxygen atoms in total. The Morgan fingerprint density at radius 3 is 2.25 bits per heavy atom. The Balaban J connectivity index is 1.51. The third-order valence-electron chi connectivity index (χ3n) is 5.83. The Bertz CT molecular complexity index is 848. The molecule has 2 saturated heterocycles. The van der Waals surface area contributed by atoms with Gasteiger partial charge in [-0.15, -0.1) is 0 Å². The number of hydrogen-bond donors (Lipinski definition) is 1. The standard InChI is InChI=1S/C22H24BrN3O2/c23-19-8-6-17(7-9-19)16-25-12-14-26(15-13-25)22(18-4-2-1-3-5-18)11-10-20(27)24-21(22)28/h1-9H,10-16H2,(H,24,27,28). The lowest BCUT2D eigenvalue weighted by atomic mass is 9.80. The minimum Gasteiger partial charge on any atom is -0.297 e. The number of carbonyl (C=O) groups excluding carboxylic acids is 2. The number of hydrogen-bond acceptors (Lipinski definition) is 4. The van der Waals surface area contributed by atoms with Gasteiger partial charge in [0, 0.05) is 43.6 Å². The van der Waals surface area contributed by atoms with Crippen LogP contribution in [0.25, 0.3) is 0 Å². The highest BCUT2D eigenvalue weighted by molar-refractivity contribution is 9.10. The van der Waals surface area contributed by atoms with Crippen molar-refractivity contribution in [2.75, 3.05) is 26.2 Å². The average Bonchev–Trinajstić information content (AvgIpc) is 2.72. The molecule has 0 spiro atoms. The second-order valence-corrected chi connectivity index (χ2v) is 8.41. The molecule has 2 fully saturated rings. The molecule has 1 unspecified atom stereocenters. The van der Waals surface area contributed by atoms with Crippen LogP contribution in [0.2, 0.25) is 0 Å². The smallest absolute Gasteiger partial charge is 0.251 e. The van der Waals surface area contributed by atoms with Crippen molar-refractivity contribution in [3.63, 3.8) is 0 Å². The molecule has 2 amide bonds. The minimum atomic E-state index is -0.751. The Kier molecular flexibility index (Phi) is 5.62. The number of benzene rings is 2. The van der Waals surface area contributed by atoms with E-state index in [-0.39, 0.29) is 11.8 Å². The summed E-state index contributed by atoms with van der Waals surface area (Å²) in [7, 11) is 0. The minimum absolute atomic E-state index is 0.176. The number of piperidine rings is 1. The van der Waals surface area contributed by atoms with Crippen LogP contribution in [-0.2, 0) is 21.7 Å². The topological polar surface area (TPSA) is 52.7 Å². The third kappa shape index (κ3) is 3.77. The first kappa shape index (κ1) is 19.3.